The number of fused-ring (bicyclic) bond motifs is 1. The summed E-state index contributed by atoms with van der Waals surface area (Å²) in [6.45, 7) is 0.717. The quantitative estimate of drug-likeness (QED) is 0.528. The van der Waals surface area contributed by atoms with Gasteiger partial charge in [-0.3, -0.25) is 19.3 Å². The van der Waals surface area contributed by atoms with Crippen LogP contribution in [0, 0.1) is 0 Å². The lowest BCUT2D eigenvalue weighted by atomic mass is 10.1. The first-order valence-corrected chi connectivity index (χ1v) is 10.1. The van der Waals surface area contributed by atoms with Crippen molar-refractivity contribution in [2.75, 3.05) is 18.1 Å². The highest BCUT2D eigenvalue weighted by molar-refractivity contribution is 7.91. The van der Waals surface area contributed by atoms with E-state index in [-0.39, 0.29) is 22.6 Å². The number of rotatable bonds is 5. The van der Waals surface area contributed by atoms with Crippen molar-refractivity contribution < 1.29 is 32.3 Å². The number of ether oxygens (including phenoxy) is 1. The Labute approximate surface area is 155 Å². The lowest BCUT2D eigenvalue weighted by molar-refractivity contribution is -0.152. The van der Waals surface area contributed by atoms with Crippen LogP contribution < -0.4 is 5.32 Å². The van der Waals surface area contributed by atoms with E-state index < -0.39 is 52.2 Å². The second-order valence-electron chi connectivity index (χ2n) is 6.48. The second kappa shape index (κ2) is 7.10. The molecule has 27 heavy (non-hydrogen) atoms. The van der Waals surface area contributed by atoms with Crippen LogP contribution >= 0.6 is 0 Å². The van der Waals surface area contributed by atoms with E-state index in [2.05, 4.69) is 5.32 Å². The molecule has 3 amide bonds. The molecule has 0 unspecified atom stereocenters. The van der Waals surface area contributed by atoms with E-state index in [1.165, 1.54) is 19.1 Å². The Balaban J connectivity index is 1.55. The zero-order valence-corrected chi connectivity index (χ0v) is 15.3. The maximum atomic E-state index is 12.3. The van der Waals surface area contributed by atoms with Crippen molar-refractivity contribution in [1.82, 2.24) is 10.2 Å². The summed E-state index contributed by atoms with van der Waals surface area (Å²) >= 11 is 0. The lowest BCUT2D eigenvalue weighted by Gasteiger charge is -2.21. The number of benzene rings is 1. The van der Waals surface area contributed by atoms with Gasteiger partial charge in [0.15, 0.2) is 16.4 Å². The topological polar surface area (TPSA) is 127 Å². The van der Waals surface area contributed by atoms with E-state index in [0.717, 1.165) is 4.90 Å². The molecular formula is C17H18N2O7S. The number of esters is 1. The van der Waals surface area contributed by atoms with Gasteiger partial charge in [0.2, 0.25) is 0 Å². The Kier molecular flexibility index (Phi) is 5.01. The molecule has 144 valence electrons. The maximum absolute atomic E-state index is 12.3. The number of sulfone groups is 1. The summed E-state index contributed by atoms with van der Waals surface area (Å²) in [5.74, 6) is -2.87. The van der Waals surface area contributed by atoms with Crippen LogP contribution in [-0.4, -0.2) is 67.2 Å². The zero-order valence-electron chi connectivity index (χ0n) is 14.5. The largest absolute Gasteiger partial charge is 0.454 e. The number of nitrogens with zero attached hydrogens (tertiary/aromatic N) is 1. The van der Waals surface area contributed by atoms with Gasteiger partial charge in [-0.15, -0.1) is 0 Å². The van der Waals surface area contributed by atoms with Gasteiger partial charge in [0, 0.05) is 6.04 Å². The molecule has 1 N–H and O–H groups in total. The molecule has 10 heteroatoms. The van der Waals surface area contributed by atoms with Crippen LogP contribution in [0.1, 0.15) is 34.1 Å². The standard InChI is InChI=1S/C17H18N2O7S/c1-10(19-15(21)12-4-2-3-5-13(12)16(19)22)17(23)26-8-14(20)18-11-6-7-27(24,25)9-11/h2-5,10-11H,6-9H2,1H3,(H,18,20)/t10-,11-/m0/s1. The van der Waals surface area contributed by atoms with Gasteiger partial charge in [-0.1, -0.05) is 12.1 Å². The first-order valence-electron chi connectivity index (χ1n) is 8.33. The summed E-state index contributed by atoms with van der Waals surface area (Å²) in [5.41, 5.74) is 0.421. The third kappa shape index (κ3) is 3.85. The van der Waals surface area contributed by atoms with Gasteiger partial charge < -0.3 is 10.1 Å². The van der Waals surface area contributed by atoms with E-state index in [0.29, 0.717) is 6.42 Å². The van der Waals surface area contributed by atoms with Crippen LogP contribution in [0.3, 0.4) is 0 Å². The zero-order chi connectivity index (χ0) is 19.8. The second-order valence-corrected chi connectivity index (χ2v) is 8.71. The molecular weight excluding hydrogens is 376 g/mol. The molecule has 0 aliphatic carbocycles. The molecule has 1 saturated heterocycles. The monoisotopic (exact) mass is 394 g/mol. The van der Waals surface area contributed by atoms with Crippen LogP contribution in [0.25, 0.3) is 0 Å². The average molecular weight is 394 g/mol. The molecule has 0 radical (unpaired) electrons. The number of imide groups is 1. The van der Waals surface area contributed by atoms with Gasteiger partial charge in [0.05, 0.1) is 22.6 Å². The molecule has 2 aliphatic heterocycles. The molecule has 9 nitrogen and oxygen atoms in total. The normalized spacial score (nSPS) is 21.7. The molecule has 3 rings (SSSR count). The Hall–Kier alpha value is -2.75. The van der Waals surface area contributed by atoms with Gasteiger partial charge in [-0.25, -0.2) is 13.2 Å². The fourth-order valence-corrected chi connectivity index (χ4v) is 4.77. The molecule has 0 saturated carbocycles. The summed E-state index contributed by atoms with van der Waals surface area (Å²) in [6.07, 6.45) is 0.313. The highest BCUT2D eigenvalue weighted by Crippen LogP contribution is 2.24. The Morgan fingerprint density at radius 1 is 1.22 bits per heavy atom. The van der Waals surface area contributed by atoms with Crippen molar-refractivity contribution in [2.45, 2.75) is 25.4 Å². The summed E-state index contributed by atoms with van der Waals surface area (Å²) in [4.78, 5) is 49.5. The van der Waals surface area contributed by atoms with Gasteiger partial charge >= 0.3 is 5.97 Å². The van der Waals surface area contributed by atoms with Crippen LogP contribution in [0.15, 0.2) is 24.3 Å². The van der Waals surface area contributed by atoms with Crippen molar-refractivity contribution in [1.29, 1.82) is 0 Å². The van der Waals surface area contributed by atoms with Crippen molar-refractivity contribution >= 4 is 33.5 Å². The fourth-order valence-electron chi connectivity index (χ4n) is 3.10. The number of carbonyl (C=O) groups is 4. The van der Waals surface area contributed by atoms with Gasteiger partial charge in [-0.2, -0.15) is 0 Å². The Bertz CT molecular complexity index is 890. The fraction of sp³-hybridized carbons (Fsp3) is 0.412. The first kappa shape index (κ1) is 19.0. The molecule has 1 fully saturated rings. The van der Waals surface area contributed by atoms with E-state index in [1.54, 1.807) is 12.1 Å². The average Bonchev–Trinajstić information content (AvgIpc) is 3.09. The van der Waals surface area contributed by atoms with Gasteiger partial charge in [0.1, 0.15) is 6.04 Å². The smallest absolute Gasteiger partial charge is 0.329 e. The van der Waals surface area contributed by atoms with Crippen LogP contribution in [-0.2, 0) is 24.2 Å². The van der Waals surface area contributed by atoms with E-state index in [1.807, 2.05) is 0 Å². The summed E-state index contributed by atoms with van der Waals surface area (Å²) in [7, 11) is -3.14. The Morgan fingerprint density at radius 2 is 1.81 bits per heavy atom. The summed E-state index contributed by atoms with van der Waals surface area (Å²) in [6, 6.07) is 4.52. The van der Waals surface area contributed by atoms with Gasteiger partial charge in [-0.05, 0) is 25.5 Å². The minimum Gasteiger partial charge on any atom is -0.454 e. The van der Waals surface area contributed by atoms with Gasteiger partial charge in [0.25, 0.3) is 17.7 Å². The van der Waals surface area contributed by atoms with Crippen LogP contribution in [0.5, 0.6) is 0 Å². The molecule has 0 bridgehead atoms. The first-order chi connectivity index (χ1) is 12.7. The molecule has 1 aromatic carbocycles. The molecule has 2 atom stereocenters. The molecule has 2 aliphatic rings. The van der Waals surface area contributed by atoms with Crippen molar-refractivity contribution in [3.05, 3.63) is 35.4 Å². The number of carbonyl (C=O) groups excluding carboxylic acids is 4. The highest BCUT2D eigenvalue weighted by Gasteiger charge is 2.41. The minimum absolute atomic E-state index is 0.00844. The van der Waals surface area contributed by atoms with Crippen LogP contribution in [0.4, 0.5) is 0 Å². The molecule has 2 heterocycles. The highest BCUT2D eigenvalue weighted by atomic mass is 32.2. The third-order valence-electron chi connectivity index (χ3n) is 4.50. The lowest BCUT2D eigenvalue weighted by Crippen LogP contribution is -2.45. The van der Waals surface area contributed by atoms with E-state index in [4.69, 9.17) is 4.74 Å². The Morgan fingerprint density at radius 3 is 2.33 bits per heavy atom. The van der Waals surface area contributed by atoms with Crippen molar-refractivity contribution in [3.8, 4) is 0 Å². The van der Waals surface area contributed by atoms with Crippen LogP contribution in [0.2, 0.25) is 0 Å². The van der Waals surface area contributed by atoms with E-state index >= 15 is 0 Å². The predicted molar refractivity (Wildman–Crippen MR) is 92.6 cm³/mol. The minimum atomic E-state index is -3.14. The summed E-state index contributed by atoms with van der Waals surface area (Å²) < 4.78 is 27.6. The van der Waals surface area contributed by atoms with E-state index in [9.17, 15) is 27.6 Å². The number of amides is 3. The molecule has 0 spiro atoms. The van der Waals surface area contributed by atoms with Crippen molar-refractivity contribution in [2.24, 2.45) is 0 Å². The predicted octanol–water partition coefficient (Wildman–Crippen LogP) is -0.482. The summed E-state index contributed by atoms with van der Waals surface area (Å²) in [5, 5.41) is 2.49. The molecule has 0 aromatic heterocycles. The maximum Gasteiger partial charge on any atom is 0.329 e. The number of hydrogen-bond acceptors (Lipinski definition) is 7. The number of hydrogen-bond donors (Lipinski definition) is 1. The van der Waals surface area contributed by atoms with Crippen molar-refractivity contribution in [3.63, 3.8) is 0 Å². The third-order valence-corrected chi connectivity index (χ3v) is 6.26. The molecule has 1 aromatic rings. The SMILES string of the molecule is C[C@@H](C(=O)OCC(=O)N[C@H]1CCS(=O)(=O)C1)N1C(=O)c2ccccc2C1=O. The number of nitrogens with one attached hydrogen (secondary N) is 1.